The van der Waals surface area contributed by atoms with Gasteiger partial charge in [0.15, 0.2) is 0 Å². The van der Waals surface area contributed by atoms with Crippen LogP contribution in [0.15, 0.2) is 42.5 Å². The molecule has 0 amide bonds. The van der Waals surface area contributed by atoms with Gasteiger partial charge in [0.2, 0.25) is 5.92 Å². The molecule has 2 rings (SSSR count). The van der Waals surface area contributed by atoms with E-state index >= 15 is 0 Å². The number of aryl methyl sites for hydroxylation is 1. The molecule has 0 spiro atoms. The fourth-order valence-corrected chi connectivity index (χ4v) is 2.21. The first-order valence-electron chi connectivity index (χ1n) is 6.26. The van der Waals surface area contributed by atoms with E-state index in [4.69, 9.17) is 0 Å². The fraction of sp³-hybridized carbons (Fsp3) is 0.312. The first-order chi connectivity index (χ1) is 8.62. The van der Waals surface area contributed by atoms with E-state index in [0.29, 0.717) is 6.42 Å². The molecule has 0 unspecified atom stereocenters. The molecule has 1 radical (unpaired) electrons. The number of fused-ring (bicyclic) bond motifs is 1. The Morgan fingerprint density at radius 2 is 1.67 bits per heavy atom. The zero-order chi connectivity index (χ0) is 13.0. The third kappa shape index (κ3) is 3.06. The van der Waals surface area contributed by atoms with Gasteiger partial charge in [-0.2, -0.15) is 0 Å². The highest BCUT2D eigenvalue weighted by Gasteiger charge is 2.26. The highest BCUT2D eigenvalue weighted by Crippen LogP contribution is 2.28. The van der Waals surface area contributed by atoms with Gasteiger partial charge in [0.25, 0.3) is 0 Å². The summed E-state index contributed by atoms with van der Waals surface area (Å²) >= 11 is 0. The van der Waals surface area contributed by atoms with E-state index in [1.165, 1.54) is 0 Å². The van der Waals surface area contributed by atoms with Crippen LogP contribution in [0.3, 0.4) is 0 Å². The minimum absolute atomic E-state index is 0.101. The van der Waals surface area contributed by atoms with E-state index in [0.717, 1.165) is 16.3 Å². The number of benzene rings is 2. The third-order valence-corrected chi connectivity index (χ3v) is 3.18. The fourth-order valence-electron chi connectivity index (χ4n) is 2.21. The van der Waals surface area contributed by atoms with Crippen LogP contribution in [0.4, 0.5) is 8.78 Å². The van der Waals surface area contributed by atoms with Gasteiger partial charge in [-0.25, -0.2) is 8.78 Å². The first kappa shape index (κ1) is 13.0. The van der Waals surface area contributed by atoms with Crippen LogP contribution in [0.2, 0.25) is 0 Å². The van der Waals surface area contributed by atoms with Crippen LogP contribution in [-0.4, -0.2) is 5.92 Å². The van der Waals surface area contributed by atoms with E-state index in [1.807, 2.05) is 42.5 Å². The lowest BCUT2D eigenvalue weighted by Crippen LogP contribution is -2.16. The Morgan fingerprint density at radius 1 is 0.944 bits per heavy atom. The Morgan fingerprint density at radius 3 is 2.44 bits per heavy atom. The number of hydrogen-bond donors (Lipinski definition) is 0. The topological polar surface area (TPSA) is 0 Å². The smallest absolute Gasteiger partial charge is 0.207 e. The monoisotopic (exact) mass is 247 g/mol. The van der Waals surface area contributed by atoms with Crippen LogP contribution in [0.5, 0.6) is 0 Å². The molecule has 95 valence electrons. The number of hydrogen-bond acceptors (Lipinski definition) is 0. The summed E-state index contributed by atoms with van der Waals surface area (Å²) in [6, 6.07) is 13.8. The van der Waals surface area contributed by atoms with Crippen molar-refractivity contribution >= 4 is 10.8 Å². The summed E-state index contributed by atoms with van der Waals surface area (Å²) in [7, 11) is 0. The van der Waals surface area contributed by atoms with Crippen molar-refractivity contribution in [2.45, 2.75) is 31.6 Å². The van der Waals surface area contributed by atoms with Crippen molar-refractivity contribution < 1.29 is 8.78 Å². The zero-order valence-electron chi connectivity index (χ0n) is 10.3. The van der Waals surface area contributed by atoms with Crippen molar-refractivity contribution in [1.82, 2.24) is 0 Å². The molecular weight excluding hydrogens is 230 g/mol. The van der Waals surface area contributed by atoms with Gasteiger partial charge in [-0.05, 0) is 29.2 Å². The molecule has 2 aromatic rings. The Labute approximate surface area is 107 Å². The van der Waals surface area contributed by atoms with E-state index in [1.54, 1.807) is 0 Å². The normalized spacial score (nSPS) is 11.9. The SMILES string of the molecule is [CH2]CCC(F)(F)CCc1cccc2ccccc12. The molecule has 0 bridgehead atoms. The van der Waals surface area contributed by atoms with Crippen molar-refractivity contribution in [1.29, 1.82) is 0 Å². The van der Waals surface area contributed by atoms with Gasteiger partial charge in [-0.3, -0.25) is 0 Å². The maximum absolute atomic E-state index is 13.5. The molecule has 0 aliphatic carbocycles. The maximum atomic E-state index is 13.5. The summed E-state index contributed by atoms with van der Waals surface area (Å²) in [6.45, 7) is 3.50. The molecule has 0 saturated carbocycles. The van der Waals surface area contributed by atoms with Crippen LogP contribution < -0.4 is 0 Å². The van der Waals surface area contributed by atoms with Crippen LogP contribution in [0.25, 0.3) is 10.8 Å². The minimum Gasteiger partial charge on any atom is -0.207 e. The van der Waals surface area contributed by atoms with Gasteiger partial charge in [0.1, 0.15) is 0 Å². The van der Waals surface area contributed by atoms with Crippen LogP contribution >= 0.6 is 0 Å². The van der Waals surface area contributed by atoms with Gasteiger partial charge in [0, 0.05) is 12.8 Å². The van der Waals surface area contributed by atoms with E-state index in [9.17, 15) is 8.78 Å². The Hall–Kier alpha value is -1.44. The number of halogens is 2. The summed E-state index contributed by atoms with van der Waals surface area (Å²) in [5.41, 5.74) is 0.997. The molecule has 0 N–H and O–H groups in total. The lowest BCUT2D eigenvalue weighted by Gasteiger charge is -2.15. The molecule has 0 saturated heterocycles. The zero-order valence-corrected chi connectivity index (χ0v) is 10.3. The van der Waals surface area contributed by atoms with Crippen LogP contribution in [0, 0.1) is 6.92 Å². The van der Waals surface area contributed by atoms with Crippen molar-refractivity contribution in [2.75, 3.05) is 0 Å². The molecule has 0 aliphatic heterocycles. The number of rotatable bonds is 5. The molecule has 0 nitrogen and oxygen atoms in total. The average Bonchev–Trinajstić information content (AvgIpc) is 2.36. The molecule has 0 aromatic heterocycles. The standard InChI is InChI=1S/C16H17F2/c1-2-11-16(17,18)12-10-14-8-5-7-13-6-3-4-9-15(13)14/h3-9H,1-2,10-12H2. The largest absolute Gasteiger partial charge is 0.248 e. The molecule has 2 aromatic carbocycles. The third-order valence-electron chi connectivity index (χ3n) is 3.18. The summed E-state index contributed by atoms with van der Waals surface area (Å²) in [4.78, 5) is 0. The van der Waals surface area contributed by atoms with Gasteiger partial charge >= 0.3 is 0 Å². The Balaban J connectivity index is 2.17. The summed E-state index contributed by atoms with van der Waals surface area (Å²) in [5.74, 6) is -2.60. The molecule has 0 aliphatic rings. The molecule has 2 heteroatoms. The summed E-state index contributed by atoms with van der Waals surface area (Å²) < 4.78 is 26.9. The van der Waals surface area contributed by atoms with E-state index < -0.39 is 5.92 Å². The quantitative estimate of drug-likeness (QED) is 0.695. The molecule has 18 heavy (non-hydrogen) atoms. The lowest BCUT2D eigenvalue weighted by molar-refractivity contribution is -0.0149. The van der Waals surface area contributed by atoms with Crippen molar-refractivity contribution in [3.05, 3.63) is 55.0 Å². The van der Waals surface area contributed by atoms with Crippen LogP contribution in [0.1, 0.15) is 24.8 Å². The second kappa shape index (κ2) is 5.47. The van der Waals surface area contributed by atoms with E-state index in [2.05, 4.69) is 6.92 Å². The summed E-state index contributed by atoms with van der Waals surface area (Å²) in [6.07, 6.45) is 0.463. The van der Waals surface area contributed by atoms with Crippen molar-refractivity contribution in [3.8, 4) is 0 Å². The maximum Gasteiger partial charge on any atom is 0.248 e. The summed E-state index contributed by atoms with van der Waals surface area (Å²) in [5, 5.41) is 2.18. The highest BCUT2D eigenvalue weighted by molar-refractivity contribution is 5.85. The Bertz CT molecular complexity index is 512. The van der Waals surface area contributed by atoms with Crippen LogP contribution in [-0.2, 0) is 6.42 Å². The molecule has 0 heterocycles. The van der Waals surface area contributed by atoms with Crippen molar-refractivity contribution in [3.63, 3.8) is 0 Å². The minimum atomic E-state index is -2.60. The molecule has 0 atom stereocenters. The van der Waals surface area contributed by atoms with Gasteiger partial charge in [0.05, 0.1) is 0 Å². The van der Waals surface area contributed by atoms with Gasteiger partial charge in [-0.15, -0.1) is 0 Å². The van der Waals surface area contributed by atoms with Gasteiger partial charge in [-0.1, -0.05) is 49.4 Å². The lowest BCUT2D eigenvalue weighted by atomic mass is 9.98. The second-order valence-electron chi connectivity index (χ2n) is 4.60. The predicted octanol–water partition coefficient (Wildman–Crippen LogP) is 5.02. The van der Waals surface area contributed by atoms with E-state index in [-0.39, 0.29) is 19.3 Å². The average molecular weight is 247 g/mol. The predicted molar refractivity (Wildman–Crippen MR) is 71.8 cm³/mol. The Kier molecular flexibility index (Phi) is 3.95. The molecule has 0 fully saturated rings. The second-order valence-corrected chi connectivity index (χ2v) is 4.60. The van der Waals surface area contributed by atoms with Gasteiger partial charge < -0.3 is 0 Å². The highest BCUT2D eigenvalue weighted by atomic mass is 19.3. The first-order valence-corrected chi connectivity index (χ1v) is 6.26. The van der Waals surface area contributed by atoms with Crippen molar-refractivity contribution in [2.24, 2.45) is 0 Å². The number of alkyl halides is 2. The molecular formula is C16H17F2.